The van der Waals surface area contributed by atoms with Crippen LogP contribution in [-0.4, -0.2) is 20.7 Å². The zero-order chi connectivity index (χ0) is 9.68. The molecule has 0 aliphatic heterocycles. The molecule has 13 heavy (non-hydrogen) atoms. The van der Waals surface area contributed by atoms with E-state index in [9.17, 15) is 0 Å². The Morgan fingerprint density at radius 2 is 2.08 bits per heavy atom. The summed E-state index contributed by atoms with van der Waals surface area (Å²) in [5.41, 5.74) is 1.26. The topological polar surface area (TPSA) is 21.3 Å². The first-order valence-electron chi connectivity index (χ1n) is 4.57. The van der Waals surface area contributed by atoms with E-state index in [0.29, 0.717) is 5.92 Å². The zero-order valence-corrected chi connectivity index (χ0v) is 8.50. The third kappa shape index (κ3) is 2.46. The molecule has 2 nitrogen and oxygen atoms in total. The molecule has 0 aliphatic carbocycles. The van der Waals surface area contributed by atoms with Crippen molar-refractivity contribution in [2.24, 2.45) is 0 Å². The molecule has 0 radical (unpaired) electrons. The number of likely N-dealkylation sites (N-methyl/N-ethyl adjacent to an activating group) is 1. The molecule has 0 fully saturated rings. The van der Waals surface area contributed by atoms with Crippen molar-refractivity contribution in [3.63, 3.8) is 0 Å². The van der Waals surface area contributed by atoms with Gasteiger partial charge in [0, 0.05) is 6.54 Å². The van der Waals surface area contributed by atoms with Gasteiger partial charge in [0.2, 0.25) is 0 Å². The Balaban J connectivity index is 2.85. The molecule has 0 heterocycles. The minimum Gasteiger partial charge on any atom is -0.496 e. The Morgan fingerprint density at radius 3 is 2.69 bits per heavy atom. The Morgan fingerprint density at radius 1 is 1.38 bits per heavy atom. The lowest BCUT2D eigenvalue weighted by atomic mass is 10.0. The van der Waals surface area contributed by atoms with Crippen molar-refractivity contribution in [1.82, 2.24) is 5.32 Å². The van der Waals surface area contributed by atoms with E-state index < -0.39 is 0 Å². The maximum Gasteiger partial charge on any atom is 0.122 e. The van der Waals surface area contributed by atoms with Crippen molar-refractivity contribution in [2.75, 3.05) is 20.7 Å². The standard InChI is InChI=1S/C11H17NO/c1-9(8-12-2)10-6-4-5-7-11(10)13-3/h4-7,9,12H,8H2,1-3H3/t9-/m1/s1. The van der Waals surface area contributed by atoms with Crippen molar-refractivity contribution in [3.05, 3.63) is 29.8 Å². The quantitative estimate of drug-likeness (QED) is 0.763. The van der Waals surface area contributed by atoms with Gasteiger partial charge in [0.15, 0.2) is 0 Å². The van der Waals surface area contributed by atoms with E-state index in [1.807, 2.05) is 25.2 Å². The Bertz CT molecular complexity index is 260. The van der Waals surface area contributed by atoms with Crippen LogP contribution in [0.1, 0.15) is 18.4 Å². The van der Waals surface area contributed by atoms with Gasteiger partial charge in [-0.3, -0.25) is 0 Å². The van der Waals surface area contributed by atoms with Gasteiger partial charge in [-0.15, -0.1) is 0 Å². The second kappa shape index (κ2) is 4.87. The van der Waals surface area contributed by atoms with Crippen LogP contribution in [0.15, 0.2) is 24.3 Å². The molecule has 0 bridgehead atoms. The van der Waals surface area contributed by atoms with E-state index in [1.165, 1.54) is 5.56 Å². The first kappa shape index (κ1) is 10.1. The number of para-hydroxylation sites is 1. The highest BCUT2D eigenvalue weighted by molar-refractivity contribution is 5.35. The predicted octanol–water partition coefficient (Wildman–Crippen LogP) is 2.02. The van der Waals surface area contributed by atoms with Gasteiger partial charge < -0.3 is 10.1 Å². The van der Waals surface area contributed by atoms with Crippen LogP contribution in [0.5, 0.6) is 5.75 Å². The predicted molar refractivity (Wildman–Crippen MR) is 55.3 cm³/mol. The Kier molecular flexibility index (Phi) is 3.77. The molecule has 1 aromatic carbocycles. The minimum atomic E-state index is 0.487. The number of hydrogen-bond donors (Lipinski definition) is 1. The average Bonchev–Trinajstić information content (AvgIpc) is 2.18. The van der Waals surface area contributed by atoms with Gasteiger partial charge in [-0.1, -0.05) is 25.1 Å². The van der Waals surface area contributed by atoms with Gasteiger partial charge in [0.1, 0.15) is 5.75 Å². The summed E-state index contributed by atoms with van der Waals surface area (Å²) in [4.78, 5) is 0. The van der Waals surface area contributed by atoms with Crippen LogP contribution in [-0.2, 0) is 0 Å². The lowest BCUT2D eigenvalue weighted by Gasteiger charge is -2.14. The van der Waals surface area contributed by atoms with Gasteiger partial charge in [0.25, 0.3) is 0 Å². The van der Waals surface area contributed by atoms with E-state index >= 15 is 0 Å². The summed E-state index contributed by atoms with van der Waals surface area (Å²) in [6, 6.07) is 8.15. The smallest absolute Gasteiger partial charge is 0.122 e. The highest BCUT2D eigenvalue weighted by atomic mass is 16.5. The van der Waals surface area contributed by atoms with Gasteiger partial charge in [0.05, 0.1) is 7.11 Å². The van der Waals surface area contributed by atoms with Crippen molar-refractivity contribution in [2.45, 2.75) is 12.8 Å². The summed E-state index contributed by atoms with van der Waals surface area (Å²) in [6.45, 7) is 3.16. The molecule has 0 spiro atoms. The van der Waals surface area contributed by atoms with Crippen LogP contribution in [0.3, 0.4) is 0 Å². The van der Waals surface area contributed by atoms with E-state index in [2.05, 4.69) is 18.3 Å². The summed E-state index contributed by atoms with van der Waals surface area (Å²) in [6.07, 6.45) is 0. The van der Waals surface area contributed by atoms with Crippen LogP contribution in [0.2, 0.25) is 0 Å². The Hall–Kier alpha value is -1.02. The third-order valence-corrected chi connectivity index (χ3v) is 2.18. The van der Waals surface area contributed by atoms with E-state index in [0.717, 1.165) is 12.3 Å². The number of hydrogen-bond acceptors (Lipinski definition) is 2. The van der Waals surface area contributed by atoms with Crippen LogP contribution < -0.4 is 10.1 Å². The number of ether oxygens (including phenoxy) is 1. The van der Waals surface area contributed by atoms with Gasteiger partial charge in [-0.2, -0.15) is 0 Å². The van der Waals surface area contributed by atoms with Gasteiger partial charge in [-0.05, 0) is 24.6 Å². The third-order valence-electron chi connectivity index (χ3n) is 2.18. The summed E-state index contributed by atoms with van der Waals surface area (Å²) >= 11 is 0. The maximum atomic E-state index is 5.29. The molecule has 1 N–H and O–H groups in total. The minimum absolute atomic E-state index is 0.487. The first-order chi connectivity index (χ1) is 6.29. The zero-order valence-electron chi connectivity index (χ0n) is 8.50. The van der Waals surface area contributed by atoms with E-state index in [4.69, 9.17) is 4.74 Å². The number of methoxy groups -OCH3 is 1. The fraction of sp³-hybridized carbons (Fsp3) is 0.455. The van der Waals surface area contributed by atoms with Crippen LogP contribution in [0.4, 0.5) is 0 Å². The van der Waals surface area contributed by atoms with Crippen molar-refractivity contribution >= 4 is 0 Å². The van der Waals surface area contributed by atoms with Crippen molar-refractivity contribution in [1.29, 1.82) is 0 Å². The first-order valence-corrected chi connectivity index (χ1v) is 4.57. The molecule has 0 saturated heterocycles. The number of rotatable bonds is 4. The highest BCUT2D eigenvalue weighted by Gasteiger charge is 2.08. The fourth-order valence-corrected chi connectivity index (χ4v) is 1.49. The second-order valence-electron chi connectivity index (χ2n) is 3.20. The molecule has 72 valence electrons. The molecule has 0 saturated carbocycles. The summed E-state index contributed by atoms with van der Waals surface area (Å²) in [7, 11) is 3.68. The largest absolute Gasteiger partial charge is 0.496 e. The molecule has 0 unspecified atom stereocenters. The number of nitrogens with one attached hydrogen (secondary N) is 1. The normalized spacial score (nSPS) is 12.5. The molecule has 1 rings (SSSR count). The lowest BCUT2D eigenvalue weighted by molar-refractivity contribution is 0.406. The molecular weight excluding hydrogens is 162 g/mol. The SMILES string of the molecule is CNC[C@@H](C)c1ccccc1OC. The molecule has 0 aliphatic rings. The molecule has 2 heteroatoms. The van der Waals surface area contributed by atoms with Crippen LogP contribution in [0.25, 0.3) is 0 Å². The highest BCUT2D eigenvalue weighted by Crippen LogP contribution is 2.25. The molecule has 0 amide bonds. The summed E-state index contributed by atoms with van der Waals surface area (Å²) in [5, 5.41) is 3.16. The fourth-order valence-electron chi connectivity index (χ4n) is 1.49. The average molecular weight is 179 g/mol. The van der Waals surface area contributed by atoms with E-state index in [1.54, 1.807) is 7.11 Å². The summed E-state index contributed by atoms with van der Waals surface area (Å²) in [5.74, 6) is 1.46. The molecule has 1 atom stereocenters. The van der Waals surface area contributed by atoms with Crippen molar-refractivity contribution < 1.29 is 4.74 Å². The molecule has 0 aromatic heterocycles. The van der Waals surface area contributed by atoms with Gasteiger partial charge >= 0.3 is 0 Å². The van der Waals surface area contributed by atoms with Crippen molar-refractivity contribution in [3.8, 4) is 5.75 Å². The second-order valence-corrected chi connectivity index (χ2v) is 3.20. The maximum absolute atomic E-state index is 5.29. The molecular formula is C11H17NO. The number of benzene rings is 1. The van der Waals surface area contributed by atoms with Crippen LogP contribution in [0, 0.1) is 0 Å². The van der Waals surface area contributed by atoms with E-state index in [-0.39, 0.29) is 0 Å². The van der Waals surface area contributed by atoms with Crippen LogP contribution >= 0.6 is 0 Å². The lowest BCUT2D eigenvalue weighted by Crippen LogP contribution is -2.15. The summed E-state index contributed by atoms with van der Waals surface area (Å²) < 4.78 is 5.29. The van der Waals surface area contributed by atoms with Gasteiger partial charge in [-0.25, -0.2) is 0 Å². The monoisotopic (exact) mass is 179 g/mol. The molecule has 1 aromatic rings. The Labute approximate surface area is 79.9 Å².